The lowest BCUT2D eigenvalue weighted by Gasteiger charge is -2.10. The summed E-state index contributed by atoms with van der Waals surface area (Å²) in [6.45, 7) is 6.95. The quantitative estimate of drug-likeness (QED) is 0.362. The predicted molar refractivity (Wildman–Crippen MR) is 119 cm³/mol. The van der Waals surface area contributed by atoms with Crippen LogP contribution < -0.4 is 4.74 Å². The number of hydrogen-bond donors (Lipinski definition) is 0. The summed E-state index contributed by atoms with van der Waals surface area (Å²) in [7, 11) is 0. The molecule has 2 aromatic carbocycles. The van der Waals surface area contributed by atoms with Crippen LogP contribution in [0.4, 0.5) is 0 Å². The molecule has 29 heavy (non-hydrogen) atoms. The Labute approximate surface area is 173 Å². The molecule has 0 radical (unpaired) electrons. The molecule has 0 amide bonds. The Hall–Kier alpha value is -3.07. The number of nitrogens with zero attached hydrogens (tertiary/aromatic N) is 2. The third-order valence-electron chi connectivity index (χ3n) is 5.48. The summed E-state index contributed by atoms with van der Waals surface area (Å²) < 4.78 is 8.31. The monoisotopic (exact) mass is 384 g/mol. The third kappa shape index (κ3) is 4.04. The van der Waals surface area contributed by atoms with E-state index < -0.39 is 0 Å². The van der Waals surface area contributed by atoms with Crippen molar-refractivity contribution in [2.75, 3.05) is 0 Å². The number of aromatic nitrogens is 2. The van der Waals surface area contributed by atoms with E-state index in [1.54, 1.807) is 0 Å². The lowest BCUT2D eigenvalue weighted by Crippen LogP contribution is -1.99. The normalized spacial score (nSPS) is 11.1. The van der Waals surface area contributed by atoms with E-state index >= 15 is 0 Å². The summed E-state index contributed by atoms with van der Waals surface area (Å²) in [5.74, 6) is 0.810. The van der Waals surface area contributed by atoms with Gasteiger partial charge in [-0.3, -0.25) is 4.40 Å². The van der Waals surface area contributed by atoms with Crippen LogP contribution in [0, 0.1) is 13.8 Å². The van der Waals surface area contributed by atoms with E-state index in [4.69, 9.17) is 9.72 Å². The molecule has 0 bridgehead atoms. The molecule has 0 aliphatic rings. The summed E-state index contributed by atoms with van der Waals surface area (Å²) in [4.78, 5) is 4.83. The molecule has 3 heteroatoms. The van der Waals surface area contributed by atoms with Crippen LogP contribution in [0.5, 0.6) is 5.75 Å². The van der Waals surface area contributed by atoms with Crippen LogP contribution in [0.15, 0.2) is 66.9 Å². The molecule has 2 heterocycles. The average Bonchev–Trinajstić information content (AvgIpc) is 3.08. The summed E-state index contributed by atoms with van der Waals surface area (Å²) >= 11 is 0. The second kappa shape index (κ2) is 8.52. The van der Waals surface area contributed by atoms with Gasteiger partial charge in [-0.2, -0.15) is 0 Å². The lowest BCUT2D eigenvalue weighted by molar-refractivity contribution is 0.307. The topological polar surface area (TPSA) is 26.5 Å². The summed E-state index contributed by atoms with van der Waals surface area (Å²) in [5, 5.41) is 0. The Morgan fingerprint density at radius 1 is 0.931 bits per heavy atom. The number of hydrogen-bond acceptors (Lipinski definition) is 2. The van der Waals surface area contributed by atoms with Crippen molar-refractivity contribution in [1.82, 2.24) is 9.38 Å². The first kappa shape index (κ1) is 19.3. The number of benzene rings is 2. The number of ether oxygens (including phenoxy) is 1. The smallest absolute Gasteiger partial charge is 0.180 e. The molecule has 3 nitrogen and oxygen atoms in total. The van der Waals surface area contributed by atoms with Crippen LogP contribution in [0.3, 0.4) is 0 Å². The molecular weight excluding hydrogens is 356 g/mol. The van der Waals surface area contributed by atoms with Crippen LogP contribution in [0.25, 0.3) is 16.9 Å². The van der Waals surface area contributed by atoms with Gasteiger partial charge in [0.1, 0.15) is 6.61 Å². The number of aryl methyl sites for hydroxylation is 3. The predicted octanol–water partition coefficient (Wildman–Crippen LogP) is 6.54. The minimum absolute atomic E-state index is 0.541. The van der Waals surface area contributed by atoms with Gasteiger partial charge in [0.15, 0.2) is 11.4 Å². The third-order valence-corrected chi connectivity index (χ3v) is 5.48. The van der Waals surface area contributed by atoms with Crippen LogP contribution in [-0.4, -0.2) is 9.38 Å². The van der Waals surface area contributed by atoms with E-state index in [0.717, 1.165) is 29.2 Å². The number of rotatable bonds is 7. The molecule has 4 aromatic rings. The van der Waals surface area contributed by atoms with Crippen LogP contribution in [-0.2, 0) is 13.0 Å². The molecule has 0 spiro atoms. The van der Waals surface area contributed by atoms with E-state index in [1.807, 2.05) is 18.2 Å². The van der Waals surface area contributed by atoms with Crippen molar-refractivity contribution >= 4 is 5.65 Å². The Bertz CT molecular complexity index is 1110. The Morgan fingerprint density at radius 2 is 1.72 bits per heavy atom. The van der Waals surface area contributed by atoms with Gasteiger partial charge in [0.2, 0.25) is 0 Å². The van der Waals surface area contributed by atoms with Gasteiger partial charge in [-0.1, -0.05) is 61.9 Å². The Morgan fingerprint density at radius 3 is 2.48 bits per heavy atom. The largest absolute Gasteiger partial charge is 0.485 e. The van der Waals surface area contributed by atoms with Gasteiger partial charge < -0.3 is 4.74 Å². The van der Waals surface area contributed by atoms with Crippen molar-refractivity contribution in [2.24, 2.45) is 0 Å². The van der Waals surface area contributed by atoms with Gasteiger partial charge in [0.05, 0.1) is 11.4 Å². The molecule has 2 aromatic heterocycles. The maximum atomic E-state index is 6.17. The average molecular weight is 385 g/mol. The first-order valence-corrected chi connectivity index (χ1v) is 10.4. The van der Waals surface area contributed by atoms with Gasteiger partial charge >= 0.3 is 0 Å². The first-order valence-electron chi connectivity index (χ1n) is 10.4. The molecule has 0 aliphatic carbocycles. The van der Waals surface area contributed by atoms with Crippen molar-refractivity contribution in [3.8, 4) is 17.0 Å². The Kier molecular flexibility index (Phi) is 5.66. The standard InChI is InChI=1S/C26H28N2O/c1-4-5-10-21-13-15-22(16-14-21)25-20(3)27-26-24(12-8-17-28(25)26)29-18-23-11-7-6-9-19(23)2/h6-9,11-17H,4-5,10,18H2,1-3H3. The summed E-state index contributed by atoms with van der Waals surface area (Å²) in [6.07, 6.45) is 5.66. The fraction of sp³-hybridized carbons (Fsp3) is 0.269. The van der Waals surface area contributed by atoms with Crippen molar-refractivity contribution in [3.05, 3.63) is 89.2 Å². The second-order valence-corrected chi connectivity index (χ2v) is 7.63. The van der Waals surface area contributed by atoms with Crippen molar-refractivity contribution < 1.29 is 4.74 Å². The molecule has 4 rings (SSSR count). The van der Waals surface area contributed by atoms with Crippen LogP contribution >= 0.6 is 0 Å². The molecule has 0 atom stereocenters. The van der Waals surface area contributed by atoms with Gasteiger partial charge in [0, 0.05) is 11.8 Å². The van der Waals surface area contributed by atoms with Gasteiger partial charge in [0.25, 0.3) is 0 Å². The molecule has 0 saturated carbocycles. The van der Waals surface area contributed by atoms with Crippen LogP contribution in [0.2, 0.25) is 0 Å². The Balaban J connectivity index is 1.64. The van der Waals surface area contributed by atoms with E-state index in [2.05, 4.69) is 73.8 Å². The van der Waals surface area contributed by atoms with E-state index in [9.17, 15) is 0 Å². The summed E-state index contributed by atoms with van der Waals surface area (Å²) in [6, 6.07) is 21.2. The molecule has 0 N–H and O–H groups in total. The zero-order valence-electron chi connectivity index (χ0n) is 17.5. The SMILES string of the molecule is CCCCc1ccc(-c2c(C)nc3c(OCc4ccccc4C)cccn23)cc1. The highest BCUT2D eigenvalue weighted by molar-refractivity contribution is 5.70. The fourth-order valence-corrected chi connectivity index (χ4v) is 3.75. The zero-order valence-corrected chi connectivity index (χ0v) is 17.5. The highest BCUT2D eigenvalue weighted by Crippen LogP contribution is 2.30. The maximum absolute atomic E-state index is 6.17. The fourth-order valence-electron chi connectivity index (χ4n) is 3.75. The minimum atomic E-state index is 0.541. The lowest BCUT2D eigenvalue weighted by atomic mass is 10.0. The van der Waals surface area contributed by atoms with E-state index in [-0.39, 0.29) is 0 Å². The van der Waals surface area contributed by atoms with Crippen molar-refractivity contribution in [3.63, 3.8) is 0 Å². The van der Waals surface area contributed by atoms with Crippen LogP contribution in [0.1, 0.15) is 42.1 Å². The first-order chi connectivity index (χ1) is 14.2. The van der Waals surface area contributed by atoms with Gasteiger partial charge in [-0.15, -0.1) is 0 Å². The van der Waals surface area contributed by atoms with Crippen molar-refractivity contribution in [1.29, 1.82) is 0 Å². The van der Waals surface area contributed by atoms with Gasteiger partial charge in [-0.25, -0.2) is 4.98 Å². The number of unbranched alkanes of at least 4 members (excludes halogenated alkanes) is 1. The molecule has 0 fully saturated rings. The number of imidazole rings is 1. The molecule has 0 unspecified atom stereocenters. The molecule has 0 aliphatic heterocycles. The molecular formula is C26H28N2O. The zero-order chi connectivity index (χ0) is 20.2. The molecule has 148 valence electrons. The minimum Gasteiger partial charge on any atom is -0.485 e. The molecule has 0 saturated heterocycles. The van der Waals surface area contributed by atoms with Gasteiger partial charge in [-0.05, 0) is 55.5 Å². The van der Waals surface area contributed by atoms with E-state index in [0.29, 0.717) is 6.61 Å². The number of pyridine rings is 1. The van der Waals surface area contributed by atoms with Crippen molar-refractivity contribution in [2.45, 2.75) is 46.6 Å². The second-order valence-electron chi connectivity index (χ2n) is 7.63. The summed E-state index contributed by atoms with van der Waals surface area (Å²) in [5.41, 5.74) is 8.02. The highest BCUT2D eigenvalue weighted by atomic mass is 16.5. The number of fused-ring (bicyclic) bond motifs is 1. The highest BCUT2D eigenvalue weighted by Gasteiger charge is 2.14. The maximum Gasteiger partial charge on any atom is 0.180 e. The van der Waals surface area contributed by atoms with E-state index in [1.165, 1.54) is 35.1 Å².